The number of halogens is 1. The highest BCUT2D eigenvalue weighted by molar-refractivity contribution is 5.84. The van der Waals surface area contributed by atoms with E-state index in [1.807, 2.05) is 48.5 Å². The summed E-state index contributed by atoms with van der Waals surface area (Å²) in [5, 5.41) is 0.941. The van der Waals surface area contributed by atoms with Crippen LogP contribution in [0.5, 0.6) is 17.2 Å². The van der Waals surface area contributed by atoms with E-state index in [-0.39, 0.29) is 5.82 Å². The van der Waals surface area contributed by atoms with Gasteiger partial charge in [-0.05, 0) is 92.3 Å². The minimum Gasteiger partial charge on any atom is -0.494 e. The molecule has 0 atom stereocenters. The minimum absolute atomic E-state index is 0.289. The summed E-state index contributed by atoms with van der Waals surface area (Å²) in [4.78, 5) is 2.39. The van der Waals surface area contributed by atoms with Crippen LogP contribution in [0.15, 0.2) is 77.2 Å². The molecule has 0 fully saturated rings. The molecule has 0 saturated carbocycles. The Balaban J connectivity index is 1.39. The third kappa shape index (κ3) is 5.48. The smallest absolute Gasteiger partial charge is 0.135 e. The number of rotatable bonds is 10. The van der Waals surface area contributed by atoms with Crippen LogP contribution in [-0.4, -0.2) is 31.1 Å². The summed E-state index contributed by atoms with van der Waals surface area (Å²) in [6.07, 6.45) is 1.01. The molecule has 4 aromatic rings. The van der Waals surface area contributed by atoms with Crippen molar-refractivity contribution in [2.45, 2.75) is 20.3 Å². The predicted molar refractivity (Wildman–Crippen MR) is 126 cm³/mol. The van der Waals surface area contributed by atoms with E-state index in [0.29, 0.717) is 18.1 Å². The molecule has 0 bridgehead atoms. The first-order valence-electron chi connectivity index (χ1n) is 11.1. The Morgan fingerprint density at radius 2 is 1.50 bits per heavy atom. The summed E-state index contributed by atoms with van der Waals surface area (Å²) in [5.74, 6) is 2.61. The van der Waals surface area contributed by atoms with Gasteiger partial charge in [0.15, 0.2) is 0 Å². The maximum atomic E-state index is 13.1. The number of nitrogens with zero attached hydrogens (tertiary/aromatic N) is 1. The monoisotopic (exact) mass is 433 g/mol. The van der Waals surface area contributed by atoms with Crippen LogP contribution in [-0.2, 0) is 0 Å². The second-order valence-corrected chi connectivity index (χ2v) is 7.62. The van der Waals surface area contributed by atoms with Crippen molar-refractivity contribution in [3.8, 4) is 28.6 Å². The molecule has 0 amide bonds. The second kappa shape index (κ2) is 10.3. The second-order valence-electron chi connectivity index (χ2n) is 7.62. The zero-order valence-electron chi connectivity index (χ0n) is 18.5. The fourth-order valence-electron chi connectivity index (χ4n) is 3.60. The Bertz CT molecular complexity index is 1130. The molecule has 3 aromatic carbocycles. The van der Waals surface area contributed by atoms with Gasteiger partial charge in [0.25, 0.3) is 0 Å². The van der Waals surface area contributed by atoms with Crippen LogP contribution in [0, 0.1) is 5.82 Å². The van der Waals surface area contributed by atoms with Gasteiger partial charge >= 0.3 is 0 Å². The number of furan rings is 1. The van der Waals surface area contributed by atoms with Crippen molar-refractivity contribution in [1.29, 1.82) is 0 Å². The van der Waals surface area contributed by atoms with Crippen molar-refractivity contribution < 1.29 is 18.3 Å². The summed E-state index contributed by atoms with van der Waals surface area (Å²) >= 11 is 0. The SMILES string of the molecule is CCN(CC)CCCOc1ccc(-c2cc3cc(Oc4ccc(F)cc4)ccc3o2)cc1. The highest BCUT2D eigenvalue weighted by Gasteiger charge is 2.09. The highest BCUT2D eigenvalue weighted by atomic mass is 19.1. The zero-order valence-corrected chi connectivity index (χ0v) is 18.5. The van der Waals surface area contributed by atoms with Crippen LogP contribution < -0.4 is 9.47 Å². The Kier molecular flexibility index (Phi) is 7.07. The number of hydrogen-bond donors (Lipinski definition) is 0. The maximum absolute atomic E-state index is 13.1. The molecule has 0 aliphatic carbocycles. The lowest BCUT2D eigenvalue weighted by atomic mass is 10.1. The third-order valence-corrected chi connectivity index (χ3v) is 5.46. The number of hydrogen-bond acceptors (Lipinski definition) is 4. The van der Waals surface area contributed by atoms with Crippen molar-refractivity contribution in [2.75, 3.05) is 26.2 Å². The largest absolute Gasteiger partial charge is 0.494 e. The first kappa shape index (κ1) is 21.9. The molecule has 0 N–H and O–H groups in total. The van der Waals surface area contributed by atoms with Gasteiger partial charge in [-0.2, -0.15) is 0 Å². The molecule has 0 aliphatic rings. The summed E-state index contributed by atoms with van der Waals surface area (Å²) in [6, 6.07) is 21.6. The molecular weight excluding hydrogens is 405 g/mol. The van der Waals surface area contributed by atoms with Gasteiger partial charge in [-0.3, -0.25) is 0 Å². The summed E-state index contributed by atoms with van der Waals surface area (Å²) in [5.41, 5.74) is 1.76. The number of benzene rings is 3. The van der Waals surface area contributed by atoms with E-state index in [9.17, 15) is 4.39 Å². The zero-order chi connectivity index (χ0) is 22.3. The third-order valence-electron chi connectivity index (χ3n) is 5.46. The van der Waals surface area contributed by atoms with Crippen molar-refractivity contribution in [1.82, 2.24) is 4.90 Å². The van der Waals surface area contributed by atoms with Gasteiger partial charge in [-0.15, -0.1) is 0 Å². The summed E-state index contributed by atoms with van der Waals surface area (Å²) < 4.78 is 30.8. The number of ether oxygens (including phenoxy) is 2. The predicted octanol–water partition coefficient (Wildman–Crippen LogP) is 7.14. The molecule has 0 spiro atoms. The van der Waals surface area contributed by atoms with Crippen LogP contribution in [0.3, 0.4) is 0 Å². The minimum atomic E-state index is -0.289. The van der Waals surface area contributed by atoms with E-state index in [4.69, 9.17) is 13.9 Å². The lowest BCUT2D eigenvalue weighted by Gasteiger charge is -2.17. The highest BCUT2D eigenvalue weighted by Crippen LogP contribution is 2.32. The molecule has 32 heavy (non-hydrogen) atoms. The van der Waals surface area contributed by atoms with Gasteiger partial charge in [-0.1, -0.05) is 13.8 Å². The fourth-order valence-corrected chi connectivity index (χ4v) is 3.60. The quantitative estimate of drug-likeness (QED) is 0.249. The van der Waals surface area contributed by atoms with E-state index in [0.717, 1.165) is 54.1 Å². The van der Waals surface area contributed by atoms with Crippen molar-refractivity contribution >= 4 is 11.0 Å². The van der Waals surface area contributed by atoms with E-state index in [2.05, 4.69) is 18.7 Å². The van der Waals surface area contributed by atoms with Crippen LogP contribution in [0.4, 0.5) is 4.39 Å². The van der Waals surface area contributed by atoms with Crippen LogP contribution in [0.2, 0.25) is 0 Å². The van der Waals surface area contributed by atoms with E-state index >= 15 is 0 Å². The molecule has 1 aromatic heterocycles. The van der Waals surface area contributed by atoms with Gasteiger partial charge in [0.1, 0.15) is 34.4 Å². The van der Waals surface area contributed by atoms with Crippen LogP contribution >= 0.6 is 0 Å². The molecule has 0 aliphatic heterocycles. The molecule has 0 radical (unpaired) electrons. The Morgan fingerprint density at radius 3 is 2.22 bits per heavy atom. The Hall–Kier alpha value is -3.31. The molecular formula is C27H28FNO3. The van der Waals surface area contributed by atoms with Gasteiger partial charge < -0.3 is 18.8 Å². The molecule has 4 nitrogen and oxygen atoms in total. The van der Waals surface area contributed by atoms with Crippen molar-refractivity contribution in [2.24, 2.45) is 0 Å². The lowest BCUT2D eigenvalue weighted by molar-refractivity contribution is 0.249. The average Bonchev–Trinajstić information content (AvgIpc) is 3.24. The molecule has 4 rings (SSSR count). The first-order valence-corrected chi connectivity index (χ1v) is 11.1. The van der Waals surface area contributed by atoms with E-state index in [1.54, 1.807) is 12.1 Å². The lowest BCUT2D eigenvalue weighted by Crippen LogP contribution is -2.25. The van der Waals surface area contributed by atoms with Crippen LogP contribution in [0.1, 0.15) is 20.3 Å². The van der Waals surface area contributed by atoms with Gasteiger partial charge in [-0.25, -0.2) is 4.39 Å². The van der Waals surface area contributed by atoms with Gasteiger partial charge in [0.2, 0.25) is 0 Å². The molecule has 1 heterocycles. The Labute approximate surface area is 188 Å². The van der Waals surface area contributed by atoms with E-state index < -0.39 is 0 Å². The normalized spacial score (nSPS) is 11.2. The molecule has 0 saturated heterocycles. The topological polar surface area (TPSA) is 34.8 Å². The molecule has 0 unspecified atom stereocenters. The van der Waals surface area contributed by atoms with Crippen molar-refractivity contribution in [3.05, 3.63) is 78.6 Å². The van der Waals surface area contributed by atoms with Crippen LogP contribution in [0.25, 0.3) is 22.3 Å². The number of fused-ring (bicyclic) bond motifs is 1. The standard InChI is InChI=1S/C27H28FNO3/c1-3-29(4-2)16-5-17-30-23-10-6-20(7-11-23)27-19-21-18-25(14-15-26(21)32-27)31-24-12-8-22(28)9-13-24/h6-15,18-19H,3-5,16-17H2,1-2H3. The fraction of sp³-hybridized carbons (Fsp3) is 0.259. The Morgan fingerprint density at radius 1 is 0.812 bits per heavy atom. The molecule has 5 heteroatoms. The van der Waals surface area contributed by atoms with Crippen molar-refractivity contribution in [3.63, 3.8) is 0 Å². The average molecular weight is 434 g/mol. The molecule has 166 valence electrons. The van der Waals surface area contributed by atoms with E-state index in [1.165, 1.54) is 12.1 Å². The van der Waals surface area contributed by atoms with Gasteiger partial charge in [0, 0.05) is 17.5 Å². The van der Waals surface area contributed by atoms with Gasteiger partial charge in [0.05, 0.1) is 6.61 Å². The maximum Gasteiger partial charge on any atom is 0.135 e. The first-order chi connectivity index (χ1) is 15.6. The summed E-state index contributed by atoms with van der Waals surface area (Å²) in [7, 11) is 0. The summed E-state index contributed by atoms with van der Waals surface area (Å²) in [6.45, 7) is 8.26.